The van der Waals surface area contributed by atoms with Crippen LogP contribution in [0.4, 0.5) is 0 Å². The number of carboxylic acids is 1. The Morgan fingerprint density at radius 1 is 1.36 bits per heavy atom. The van der Waals surface area contributed by atoms with E-state index in [0.717, 1.165) is 23.5 Å². The first kappa shape index (κ1) is 18.6. The molecule has 0 fully saturated rings. The predicted molar refractivity (Wildman–Crippen MR) is 96.0 cm³/mol. The molecule has 1 amide bonds. The average molecular weight is 344 g/mol. The second-order valence-electron chi connectivity index (χ2n) is 5.95. The van der Waals surface area contributed by atoms with Crippen molar-refractivity contribution in [1.29, 1.82) is 0 Å². The van der Waals surface area contributed by atoms with E-state index in [1.165, 1.54) is 5.57 Å². The van der Waals surface area contributed by atoms with Crippen molar-refractivity contribution >= 4 is 23.4 Å². The Labute approximate surface area is 147 Å². The number of pyridine rings is 1. The second kappa shape index (κ2) is 9.56. The number of carbonyl (C=O) groups excluding carboxylic acids is 1. The number of aliphatic imine (C=N–C) groups is 1. The van der Waals surface area contributed by atoms with Crippen LogP contribution < -0.4 is 10.6 Å². The molecule has 2 heterocycles. The van der Waals surface area contributed by atoms with E-state index >= 15 is 0 Å². The van der Waals surface area contributed by atoms with Crippen LogP contribution in [0.25, 0.3) is 5.70 Å². The lowest BCUT2D eigenvalue weighted by Crippen LogP contribution is -2.30. The Morgan fingerprint density at radius 2 is 2.20 bits per heavy atom. The third-order valence-corrected chi connectivity index (χ3v) is 3.91. The van der Waals surface area contributed by atoms with Crippen molar-refractivity contribution in [3.63, 3.8) is 0 Å². The molecule has 2 rings (SSSR count). The number of carboxylic acid groups (broad SMARTS) is 1. The van der Waals surface area contributed by atoms with Crippen molar-refractivity contribution in [3.05, 3.63) is 35.7 Å². The van der Waals surface area contributed by atoms with E-state index in [9.17, 15) is 9.59 Å². The minimum Gasteiger partial charge on any atom is -0.481 e. The SMILES string of the molecule is CC1=C(c2cccnc2)NC(CCNC(=O)CCCC(=O)O)=NCC1. The minimum absolute atomic E-state index is 0.0141. The molecule has 1 aliphatic heterocycles. The van der Waals surface area contributed by atoms with Gasteiger partial charge in [0.2, 0.25) is 5.91 Å². The van der Waals surface area contributed by atoms with Crippen molar-refractivity contribution in [2.24, 2.45) is 4.99 Å². The molecule has 25 heavy (non-hydrogen) atoms. The molecule has 134 valence electrons. The van der Waals surface area contributed by atoms with Crippen LogP contribution in [0.3, 0.4) is 0 Å². The summed E-state index contributed by atoms with van der Waals surface area (Å²) >= 11 is 0. The highest BCUT2D eigenvalue weighted by Crippen LogP contribution is 2.19. The fraction of sp³-hybridized carbons (Fsp3) is 0.444. The lowest BCUT2D eigenvalue weighted by Gasteiger charge is -2.14. The van der Waals surface area contributed by atoms with Crippen LogP contribution in [-0.4, -0.2) is 40.9 Å². The highest BCUT2D eigenvalue weighted by atomic mass is 16.4. The third kappa shape index (κ3) is 6.37. The summed E-state index contributed by atoms with van der Waals surface area (Å²) in [5, 5.41) is 14.8. The number of carbonyl (C=O) groups is 2. The zero-order chi connectivity index (χ0) is 18.1. The molecule has 1 aromatic rings. The molecule has 0 atom stereocenters. The van der Waals surface area contributed by atoms with Gasteiger partial charge in [-0.2, -0.15) is 0 Å². The van der Waals surface area contributed by atoms with Crippen molar-refractivity contribution in [1.82, 2.24) is 15.6 Å². The number of rotatable bonds is 8. The van der Waals surface area contributed by atoms with Crippen molar-refractivity contribution < 1.29 is 14.7 Å². The summed E-state index contributed by atoms with van der Waals surface area (Å²) in [6.07, 6.45) is 5.63. The van der Waals surface area contributed by atoms with Crippen LogP contribution in [0.5, 0.6) is 0 Å². The van der Waals surface area contributed by atoms with Gasteiger partial charge in [0.25, 0.3) is 0 Å². The van der Waals surface area contributed by atoms with Crippen LogP contribution in [0.15, 0.2) is 35.1 Å². The Hall–Kier alpha value is -2.70. The van der Waals surface area contributed by atoms with E-state index in [1.807, 2.05) is 18.3 Å². The van der Waals surface area contributed by atoms with E-state index in [0.29, 0.717) is 25.9 Å². The van der Waals surface area contributed by atoms with Crippen LogP contribution in [0, 0.1) is 0 Å². The van der Waals surface area contributed by atoms with E-state index in [-0.39, 0.29) is 18.7 Å². The lowest BCUT2D eigenvalue weighted by atomic mass is 10.1. The highest BCUT2D eigenvalue weighted by Gasteiger charge is 2.13. The van der Waals surface area contributed by atoms with E-state index in [2.05, 4.69) is 27.5 Å². The van der Waals surface area contributed by atoms with Gasteiger partial charge >= 0.3 is 5.97 Å². The van der Waals surface area contributed by atoms with E-state index < -0.39 is 5.97 Å². The molecule has 0 aliphatic carbocycles. The molecule has 0 unspecified atom stereocenters. The summed E-state index contributed by atoms with van der Waals surface area (Å²) in [7, 11) is 0. The van der Waals surface area contributed by atoms with E-state index in [4.69, 9.17) is 5.11 Å². The Kier molecular flexibility index (Phi) is 7.13. The van der Waals surface area contributed by atoms with Crippen LogP contribution in [0.2, 0.25) is 0 Å². The largest absolute Gasteiger partial charge is 0.481 e. The topological polar surface area (TPSA) is 104 Å². The summed E-state index contributed by atoms with van der Waals surface area (Å²) in [5.74, 6) is -0.175. The number of amidine groups is 1. The number of aromatic nitrogens is 1. The molecule has 0 radical (unpaired) electrons. The van der Waals surface area contributed by atoms with Gasteiger partial charge in [0.15, 0.2) is 0 Å². The molecule has 0 bridgehead atoms. The monoisotopic (exact) mass is 344 g/mol. The van der Waals surface area contributed by atoms with Crippen LogP contribution in [-0.2, 0) is 9.59 Å². The summed E-state index contributed by atoms with van der Waals surface area (Å²) in [6.45, 7) is 3.26. The highest BCUT2D eigenvalue weighted by molar-refractivity contribution is 5.92. The Bertz CT molecular complexity index is 668. The summed E-state index contributed by atoms with van der Waals surface area (Å²) < 4.78 is 0. The molecular formula is C18H24N4O3. The first-order valence-electron chi connectivity index (χ1n) is 8.45. The van der Waals surface area contributed by atoms with Gasteiger partial charge in [0, 0.05) is 56.0 Å². The summed E-state index contributed by atoms with van der Waals surface area (Å²) in [5.41, 5.74) is 3.27. The maximum absolute atomic E-state index is 11.7. The summed E-state index contributed by atoms with van der Waals surface area (Å²) in [6, 6.07) is 3.91. The normalized spacial score (nSPS) is 14.4. The second-order valence-corrected chi connectivity index (χ2v) is 5.95. The smallest absolute Gasteiger partial charge is 0.303 e. The zero-order valence-electron chi connectivity index (χ0n) is 14.4. The fourth-order valence-electron chi connectivity index (χ4n) is 2.55. The molecule has 0 saturated carbocycles. The number of hydrogen-bond acceptors (Lipinski definition) is 5. The van der Waals surface area contributed by atoms with Crippen molar-refractivity contribution in [2.45, 2.75) is 39.0 Å². The van der Waals surface area contributed by atoms with Gasteiger partial charge in [-0.15, -0.1) is 0 Å². The molecule has 3 N–H and O–H groups in total. The first-order chi connectivity index (χ1) is 12.1. The molecule has 7 nitrogen and oxygen atoms in total. The summed E-state index contributed by atoms with van der Waals surface area (Å²) in [4.78, 5) is 30.8. The van der Waals surface area contributed by atoms with Crippen LogP contribution >= 0.6 is 0 Å². The van der Waals surface area contributed by atoms with Gasteiger partial charge in [0.05, 0.1) is 0 Å². The van der Waals surface area contributed by atoms with Crippen LogP contribution in [0.1, 0.15) is 44.6 Å². The van der Waals surface area contributed by atoms with Gasteiger partial charge in [0.1, 0.15) is 5.84 Å². The van der Waals surface area contributed by atoms with Gasteiger partial charge in [-0.25, -0.2) is 0 Å². The Morgan fingerprint density at radius 3 is 2.92 bits per heavy atom. The minimum atomic E-state index is -0.880. The molecule has 1 aromatic heterocycles. The van der Waals surface area contributed by atoms with E-state index in [1.54, 1.807) is 6.20 Å². The number of aliphatic carboxylic acids is 1. The quantitative estimate of drug-likeness (QED) is 0.669. The van der Waals surface area contributed by atoms with Crippen molar-refractivity contribution in [2.75, 3.05) is 13.1 Å². The van der Waals surface area contributed by atoms with Gasteiger partial charge in [-0.05, 0) is 37.5 Å². The maximum atomic E-state index is 11.7. The predicted octanol–water partition coefficient (Wildman–Crippen LogP) is 1.97. The molecular weight excluding hydrogens is 320 g/mol. The first-order valence-corrected chi connectivity index (χ1v) is 8.45. The van der Waals surface area contributed by atoms with Crippen molar-refractivity contribution in [3.8, 4) is 0 Å². The lowest BCUT2D eigenvalue weighted by molar-refractivity contribution is -0.137. The fourth-order valence-corrected chi connectivity index (χ4v) is 2.55. The number of nitrogens with zero attached hydrogens (tertiary/aromatic N) is 2. The molecule has 0 spiro atoms. The Balaban J connectivity index is 1.83. The third-order valence-electron chi connectivity index (χ3n) is 3.91. The van der Waals surface area contributed by atoms with Gasteiger partial charge in [-0.3, -0.25) is 19.6 Å². The molecule has 0 aromatic carbocycles. The average Bonchev–Trinajstić information content (AvgIpc) is 2.77. The molecule has 7 heteroatoms. The maximum Gasteiger partial charge on any atom is 0.303 e. The zero-order valence-corrected chi connectivity index (χ0v) is 14.4. The van der Waals surface area contributed by atoms with Gasteiger partial charge in [-0.1, -0.05) is 0 Å². The molecule has 0 saturated heterocycles. The standard InChI is InChI=1S/C18H24N4O3/c1-13-7-10-20-15(22-18(13)14-4-3-9-19-12-14)8-11-21-16(23)5-2-6-17(24)25/h3-4,9,12H,2,5-8,10-11H2,1H3,(H,20,22)(H,21,23)(H,24,25). The number of hydrogen-bond donors (Lipinski definition) is 3. The van der Waals surface area contributed by atoms with Gasteiger partial charge < -0.3 is 15.7 Å². The molecule has 1 aliphatic rings. The number of nitrogens with one attached hydrogen (secondary N) is 2. The number of amides is 1.